The third-order valence-corrected chi connectivity index (χ3v) is 3.55. The summed E-state index contributed by atoms with van der Waals surface area (Å²) >= 11 is 0. The quantitative estimate of drug-likeness (QED) is 0.871. The molecule has 1 aliphatic heterocycles. The maximum Gasteiger partial charge on any atom is 0.289 e. The predicted molar refractivity (Wildman–Crippen MR) is 81.4 cm³/mol. The summed E-state index contributed by atoms with van der Waals surface area (Å²) < 4.78 is 5.16. The van der Waals surface area contributed by atoms with E-state index in [-0.39, 0.29) is 18.3 Å². The summed E-state index contributed by atoms with van der Waals surface area (Å²) in [6.07, 6.45) is 5.16. The molecule has 6 heteroatoms. The molecule has 3 heterocycles. The van der Waals surface area contributed by atoms with Gasteiger partial charge in [0.15, 0.2) is 5.76 Å². The topological polar surface area (TPSA) is 49.6 Å². The van der Waals surface area contributed by atoms with E-state index in [0.717, 1.165) is 32.7 Å². The molecule has 0 spiro atoms. The molecule has 0 aliphatic carbocycles. The van der Waals surface area contributed by atoms with Crippen molar-refractivity contribution in [2.45, 2.75) is 6.54 Å². The van der Waals surface area contributed by atoms with E-state index >= 15 is 0 Å². The van der Waals surface area contributed by atoms with Crippen LogP contribution in [0.2, 0.25) is 0 Å². The number of halogens is 1. The Labute approximate surface area is 130 Å². The SMILES string of the molecule is Cl.O=C(c1ccco1)N1CCN(Cc2ccncc2)CC1. The van der Waals surface area contributed by atoms with Crippen LogP contribution in [0, 0.1) is 0 Å². The van der Waals surface area contributed by atoms with E-state index in [0.29, 0.717) is 5.76 Å². The molecule has 112 valence electrons. The van der Waals surface area contributed by atoms with Crippen molar-refractivity contribution >= 4 is 18.3 Å². The molecule has 1 aliphatic rings. The Morgan fingerprint density at radius 3 is 2.48 bits per heavy atom. The number of carbonyl (C=O) groups is 1. The summed E-state index contributed by atoms with van der Waals surface area (Å²) in [4.78, 5) is 20.3. The second-order valence-corrected chi connectivity index (χ2v) is 4.90. The van der Waals surface area contributed by atoms with Crippen molar-refractivity contribution in [2.75, 3.05) is 26.2 Å². The van der Waals surface area contributed by atoms with E-state index in [1.807, 2.05) is 29.4 Å². The Morgan fingerprint density at radius 2 is 1.86 bits per heavy atom. The number of aromatic nitrogens is 1. The summed E-state index contributed by atoms with van der Waals surface area (Å²) in [7, 11) is 0. The van der Waals surface area contributed by atoms with Gasteiger partial charge in [0.1, 0.15) is 0 Å². The molecule has 0 N–H and O–H groups in total. The van der Waals surface area contributed by atoms with E-state index in [9.17, 15) is 4.79 Å². The summed E-state index contributed by atoms with van der Waals surface area (Å²) in [5.74, 6) is 0.408. The predicted octanol–water partition coefficient (Wildman–Crippen LogP) is 2.05. The van der Waals surface area contributed by atoms with Crippen molar-refractivity contribution in [3.63, 3.8) is 0 Å². The summed E-state index contributed by atoms with van der Waals surface area (Å²) in [5.41, 5.74) is 1.26. The van der Waals surface area contributed by atoms with Crippen LogP contribution in [-0.4, -0.2) is 46.9 Å². The van der Waals surface area contributed by atoms with Crippen molar-refractivity contribution < 1.29 is 9.21 Å². The van der Waals surface area contributed by atoms with Gasteiger partial charge >= 0.3 is 0 Å². The number of piperazine rings is 1. The molecule has 0 unspecified atom stereocenters. The van der Waals surface area contributed by atoms with Gasteiger partial charge in [-0.2, -0.15) is 0 Å². The van der Waals surface area contributed by atoms with Gasteiger partial charge in [-0.05, 0) is 29.8 Å². The molecule has 3 rings (SSSR count). The van der Waals surface area contributed by atoms with Gasteiger partial charge < -0.3 is 9.32 Å². The summed E-state index contributed by atoms with van der Waals surface area (Å²) in [6.45, 7) is 4.16. The number of nitrogens with zero attached hydrogens (tertiary/aromatic N) is 3. The summed E-state index contributed by atoms with van der Waals surface area (Å²) in [5, 5.41) is 0. The fraction of sp³-hybridized carbons (Fsp3) is 0.333. The summed E-state index contributed by atoms with van der Waals surface area (Å²) in [6, 6.07) is 7.51. The van der Waals surface area contributed by atoms with Crippen LogP contribution in [0.25, 0.3) is 0 Å². The molecule has 21 heavy (non-hydrogen) atoms. The zero-order chi connectivity index (χ0) is 13.8. The standard InChI is InChI=1S/C15H17N3O2.ClH/c19-15(14-2-1-11-20-14)18-9-7-17(8-10-18)12-13-3-5-16-6-4-13;/h1-6,11H,7-10,12H2;1H. The number of hydrogen-bond donors (Lipinski definition) is 0. The van der Waals surface area contributed by atoms with Crippen LogP contribution in [0.3, 0.4) is 0 Å². The molecule has 0 aromatic carbocycles. The second kappa shape index (κ2) is 7.24. The van der Waals surface area contributed by atoms with E-state index in [4.69, 9.17) is 4.42 Å². The largest absolute Gasteiger partial charge is 0.459 e. The highest BCUT2D eigenvalue weighted by molar-refractivity contribution is 5.91. The van der Waals surface area contributed by atoms with Crippen LogP contribution in [-0.2, 0) is 6.54 Å². The van der Waals surface area contributed by atoms with Gasteiger partial charge in [-0.3, -0.25) is 14.7 Å². The van der Waals surface area contributed by atoms with Crippen molar-refractivity contribution in [3.05, 3.63) is 54.2 Å². The van der Waals surface area contributed by atoms with Gasteiger partial charge in [0.2, 0.25) is 0 Å². The van der Waals surface area contributed by atoms with E-state index in [2.05, 4.69) is 9.88 Å². The molecule has 1 saturated heterocycles. The Bertz CT molecular complexity index is 552. The zero-order valence-corrected chi connectivity index (χ0v) is 12.5. The first-order valence-corrected chi connectivity index (χ1v) is 6.77. The number of pyridine rings is 1. The smallest absolute Gasteiger partial charge is 0.289 e. The van der Waals surface area contributed by atoms with Crippen LogP contribution in [0.15, 0.2) is 47.3 Å². The molecule has 5 nitrogen and oxygen atoms in total. The fourth-order valence-corrected chi connectivity index (χ4v) is 2.41. The Morgan fingerprint density at radius 1 is 1.14 bits per heavy atom. The first kappa shape index (κ1) is 15.5. The first-order chi connectivity index (χ1) is 9.83. The maximum atomic E-state index is 12.1. The lowest BCUT2D eigenvalue weighted by Crippen LogP contribution is -2.48. The second-order valence-electron chi connectivity index (χ2n) is 4.90. The van der Waals surface area contributed by atoms with E-state index in [1.54, 1.807) is 12.1 Å². The lowest BCUT2D eigenvalue weighted by atomic mass is 10.2. The van der Waals surface area contributed by atoms with Gasteiger partial charge in [-0.1, -0.05) is 0 Å². The van der Waals surface area contributed by atoms with Gasteiger partial charge in [0.25, 0.3) is 5.91 Å². The third-order valence-electron chi connectivity index (χ3n) is 3.55. The molecule has 0 atom stereocenters. The van der Waals surface area contributed by atoms with Gasteiger partial charge in [0, 0.05) is 45.1 Å². The minimum Gasteiger partial charge on any atom is -0.459 e. The minimum absolute atomic E-state index is 0. The van der Waals surface area contributed by atoms with Crippen LogP contribution >= 0.6 is 12.4 Å². The maximum absolute atomic E-state index is 12.1. The normalized spacial score (nSPS) is 15.5. The minimum atomic E-state index is -0.0152. The molecule has 0 bridgehead atoms. The van der Waals surface area contributed by atoms with Crippen molar-refractivity contribution in [1.82, 2.24) is 14.8 Å². The molecule has 2 aromatic heterocycles. The van der Waals surface area contributed by atoms with Crippen LogP contribution in [0.1, 0.15) is 16.1 Å². The average molecular weight is 308 g/mol. The molecule has 0 saturated carbocycles. The lowest BCUT2D eigenvalue weighted by molar-refractivity contribution is 0.0598. The molecule has 0 radical (unpaired) electrons. The molecule has 2 aromatic rings. The van der Waals surface area contributed by atoms with E-state index < -0.39 is 0 Å². The number of hydrogen-bond acceptors (Lipinski definition) is 4. The number of furan rings is 1. The van der Waals surface area contributed by atoms with Crippen molar-refractivity contribution in [1.29, 1.82) is 0 Å². The highest BCUT2D eigenvalue weighted by atomic mass is 35.5. The molecule has 1 amide bonds. The van der Waals surface area contributed by atoms with Gasteiger partial charge in [0.05, 0.1) is 6.26 Å². The van der Waals surface area contributed by atoms with Crippen molar-refractivity contribution in [3.8, 4) is 0 Å². The Hall–Kier alpha value is -1.85. The Kier molecular flexibility index (Phi) is 5.36. The third kappa shape index (κ3) is 3.83. The molecular weight excluding hydrogens is 290 g/mol. The number of amides is 1. The zero-order valence-electron chi connectivity index (χ0n) is 11.6. The highest BCUT2D eigenvalue weighted by Gasteiger charge is 2.23. The number of carbonyl (C=O) groups excluding carboxylic acids is 1. The lowest BCUT2D eigenvalue weighted by Gasteiger charge is -2.34. The Balaban J connectivity index is 0.00000161. The van der Waals surface area contributed by atoms with Gasteiger partial charge in [-0.15, -0.1) is 12.4 Å². The number of rotatable bonds is 3. The van der Waals surface area contributed by atoms with Crippen LogP contribution in [0.4, 0.5) is 0 Å². The molecular formula is C15H18ClN3O2. The van der Waals surface area contributed by atoms with Gasteiger partial charge in [-0.25, -0.2) is 0 Å². The average Bonchev–Trinajstić information content (AvgIpc) is 3.03. The van der Waals surface area contributed by atoms with Crippen LogP contribution < -0.4 is 0 Å². The van der Waals surface area contributed by atoms with Crippen molar-refractivity contribution in [2.24, 2.45) is 0 Å². The molecule has 1 fully saturated rings. The van der Waals surface area contributed by atoms with E-state index in [1.165, 1.54) is 11.8 Å². The highest BCUT2D eigenvalue weighted by Crippen LogP contribution is 2.11. The monoisotopic (exact) mass is 307 g/mol. The van der Waals surface area contributed by atoms with Crippen LogP contribution in [0.5, 0.6) is 0 Å². The first-order valence-electron chi connectivity index (χ1n) is 6.77. The fourth-order valence-electron chi connectivity index (χ4n) is 2.41.